The zero-order chi connectivity index (χ0) is 25.8. The van der Waals surface area contributed by atoms with E-state index in [1.165, 1.54) is 23.8 Å². The number of halogens is 6. The van der Waals surface area contributed by atoms with Gasteiger partial charge in [-0.3, -0.25) is 14.3 Å². The smallest absolute Gasteiger partial charge is 0.352 e. The van der Waals surface area contributed by atoms with Crippen LogP contribution in [-0.2, 0) is 24.4 Å². The molecule has 2 N–H and O–H groups in total. The van der Waals surface area contributed by atoms with Crippen LogP contribution in [0.1, 0.15) is 46.6 Å². The molecule has 15 heteroatoms. The van der Waals surface area contributed by atoms with Crippen molar-refractivity contribution in [3.63, 3.8) is 0 Å². The Hall–Kier alpha value is -3.65. The number of carbonyl (C=O) groups is 2. The van der Waals surface area contributed by atoms with E-state index in [1.54, 1.807) is 12.3 Å². The molecule has 0 radical (unpaired) electrons. The van der Waals surface area contributed by atoms with Gasteiger partial charge >= 0.3 is 12.4 Å². The molecular weight excluding hydrogens is 484 g/mol. The molecule has 3 heterocycles. The molecular formula is C20H21F6N7O2. The van der Waals surface area contributed by atoms with E-state index >= 15 is 0 Å². The maximum absolute atomic E-state index is 12.4. The van der Waals surface area contributed by atoms with Crippen LogP contribution in [0.4, 0.5) is 26.3 Å². The van der Waals surface area contributed by atoms with Crippen molar-refractivity contribution < 1.29 is 35.9 Å². The number of alkyl halides is 6. The molecule has 0 aliphatic rings. The molecule has 0 aliphatic heterocycles. The Labute approximate surface area is 194 Å². The van der Waals surface area contributed by atoms with Gasteiger partial charge in [-0.25, -0.2) is 9.50 Å². The third kappa shape index (κ3) is 7.68. The average molecular weight is 505 g/mol. The highest BCUT2D eigenvalue weighted by Crippen LogP contribution is 2.22. The summed E-state index contributed by atoms with van der Waals surface area (Å²) in [4.78, 5) is 28.3. The molecule has 0 spiro atoms. The lowest BCUT2D eigenvalue weighted by molar-refractivity contribution is -0.144. The van der Waals surface area contributed by atoms with E-state index in [1.807, 2.05) is 0 Å². The highest BCUT2D eigenvalue weighted by molar-refractivity contribution is 5.94. The fourth-order valence-corrected chi connectivity index (χ4v) is 3.08. The molecule has 0 unspecified atom stereocenters. The van der Waals surface area contributed by atoms with Crippen molar-refractivity contribution in [1.82, 2.24) is 35.0 Å². The van der Waals surface area contributed by atoms with Crippen LogP contribution in [0, 0.1) is 6.92 Å². The zero-order valence-electron chi connectivity index (χ0n) is 18.4. The summed E-state index contributed by atoms with van der Waals surface area (Å²) in [6, 6.07) is 1.58. The number of amides is 2. The average Bonchev–Trinajstić information content (AvgIpc) is 3.34. The first-order valence-corrected chi connectivity index (χ1v) is 10.3. The first-order chi connectivity index (χ1) is 16.3. The van der Waals surface area contributed by atoms with Gasteiger partial charge < -0.3 is 10.6 Å². The van der Waals surface area contributed by atoms with Crippen molar-refractivity contribution >= 4 is 17.5 Å². The fraction of sp³-hybridized carbons (Fsp3) is 0.450. The molecule has 0 saturated heterocycles. The summed E-state index contributed by atoms with van der Waals surface area (Å²) >= 11 is 0. The molecule has 0 aliphatic carbocycles. The molecule has 3 aromatic rings. The van der Waals surface area contributed by atoms with Crippen LogP contribution in [-0.4, -0.2) is 48.5 Å². The molecule has 0 atom stereocenters. The third-order valence-corrected chi connectivity index (χ3v) is 4.94. The monoisotopic (exact) mass is 505 g/mol. The second-order valence-electron chi connectivity index (χ2n) is 7.71. The number of imidazole rings is 1. The molecule has 35 heavy (non-hydrogen) atoms. The Morgan fingerprint density at radius 3 is 2.37 bits per heavy atom. The number of aryl methyl sites for hydroxylation is 1. The predicted octanol–water partition coefficient (Wildman–Crippen LogP) is 3.08. The van der Waals surface area contributed by atoms with Gasteiger partial charge in [0.05, 0.1) is 49.2 Å². The van der Waals surface area contributed by atoms with E-state index in [-0.39, 0.29) is 18.7 Å². The van der Waals surface area contributed by atoms with Gasteiger partial charge in [0.15, 0.2) is 5.65 Å². The quantitative estimate of drug-likeness (QED) is 0.435. The maximum Gasteiger partial charge on any atom is 0.390 e. The number of hydrogen-bond donors (Lipinski definition) is 2. The first kappa shape index (κ1) is 26.0. The van der Waals surface area contributed by atoms with Crippen molar-refractivity contribution in [2.45, 2.75) is 58.2 Å². The van der Waals surface area contributed by atoms with Gasteiger partial charge in [0, 0.05) is 25.2 Å². The van der Waals surface area contributed by atoms with Crippen molar-refractivity contribution in [2.75, 3.05) is 0 Å². The van der Waals surface area contributed by atoms with Gasteiger partial charge in [-0.1, -0.05) is 0 Å². The van der Waals surface area contributed by atoms with Crippen LogP contribution < -0.4 is 10.6 Å². The molecule has 3 rings (SSSR count). The molecule has 190 valence electrons. The van der Waals surface area contributed by atoms with Crippen LogP contribution in [0.3, 0.4) is 0 Å². The van der Waals surface area contributed by atoms with Crippen LogP contribution in [0.15, 0.2) is 24.7 Å². The summed E-state index contributed by atoms with van der Waals surface area (Å²) in [5, 5.41) is 12.9. The summed E-state index contributed by atoms with van der Waals surface area (Å²) in [5.74, 6) is -1.28. The van der Waals surface area contributed by atoms with Gasteiger partial charge in [-0.2, -0.15) is 36.5 Å². The lowest BCUT2D eigenvalue weighted by Gasteiger charge is -2.08. The Morgan fingerprint density at radius 1 is 0.971 bits per heavy atom. The van der Waals surface area contributed by atoms with E-state index in [0.29, 0.717) is 22.6 Å². The summed E-state index contributed by atoms with van der Waals surface area (Å²) in [7, 11) is 0. The molecule has 2 amide bonds. The highest BCUT2D eigenvalue weighted by atomic mass is 19.4. The van der Waals surface area contributed by atoms with Gasteiger partial charge in [-0.15, -0.1) is 0 Å². The number of rotatable bonds is 9. The molecule has 9 nitrogen and oxygen atoms in total. The zero-order valence-corrected chi connectivity index (χ0v) is 18.4. The molecule has 3 aromatic heterocycles. The third-order valence-electron chi connectivity index (χ3n) is 4.94. The van der Waals surface area contributed by atoms with Gasteiger partial charge in [0.25, 0.3) is 5.91 Å². The van der Waals surface area contributed by atoms with Crippen molar-refractivity contribution in [3.8, 4) is 0 Å². The Morgan fingerprint density at radius 2 is 1.69 bits per heavy atom. The van der Waals surface area contributed by atoms with Gasteiger partial charge in [-0.05, 0) is 18.6 Å². The van der Waals surface area contributed by atoms with Crippen molar-refractivity contribution in [2.24, 2.45) is 0 Å². The lowest BCUT2D eigenvalue weighted by Crippen LogP contribution is -2.24. The molecule has 0 bridgehead atoms. The minimum Gasteiger partial charge on any atom is -0.352 e. The Bertz CT molecular complexity index is 1200. The second-order valence-corrected chi connectivity index (χ2v) is 7.71. The second kappa shape index (κ2) is 10.3. The molecule has 0 saturated carbocycles. The summed E-state index contributed by atoms with van der Waals surface area (Å²) in [6.45, 7) is 1.07. The van der Waals surface area contributed by atoms with E-state index in [4.69, 9.17) is 0 Å². The molecule has 0 fully saturated rings. The summed E-state index contributed by atoms with van der Waals surface area (Å²) in [5.41, 5.74) is 1.76. The van der Waals surface area contributed by atoms with Crippen LogP contribution >= 0.6 is 0 Å². The predicted molar refractivity (Wildman–Crippen MR) is 109 cm³/mol. The van der Waals surface area contributed by atoms with E-state index in [0.717, 1.165) is 4.68 Å². The standard InChI is InChI=1S/C20H21F6N7O2/c1-12-15(10-30-32(12)5-4-20(24,25)26)18(35)28-9-14-11-33-16(31-14)6-13(8-29-33)7-27-17(34)2-3-19(21,22)23/h6,8,10-11H,2-5,7,9H2,1H3,(H,27,34)(H,28,35). The van der Waals surface area contributed by atoms with Gasteiger partial charge in [0.2, 0.25) is 5.91 Å². The van der Waals surface area contributed by atoms with Crippen molar-refractivity contribution in [1.29, 1.82) is 0 Å². The van der Waals surface area contributed by atoms with Gasteiger partial charge in [0.1, 0.15) is 0 Å². The number of fused-ring (bicyclic) bond motifs is 1. The Balaban J connectivity index is 1.55. The number of nitrogens with zero attached hydrogens (tertiary/aromatic N) is 5. The summed E-state index contributed by atoms with van der Waals surface area (Å²) < 4.78 is 76.3. The van der Waals surface area contributed by atoms with E-state index in [2.05, 4.69) is 25.8 Å². The molecule has 0 aromatic carbocycles. The van der Waals surface area contributed by atoms with Crippen LogP contribution in [0.2, 0.25) is 0 Å². The topological polar surface area (TPSA) is 106 Å². The SMILES string of the molecule is Cc1c(C(=O)NCc2cn3ncc(CNC(=O)CCC(F)(F)F)cc3n2)cnn1CCC(F)(F)F. The minimum absolute atomic E-state index is 0.00112. The Kier molecular flexibility index (Phi) is 7.65. The normalized spacial score (nSPS) is 12.2. The highest BCUT2D eigenvalue weighted by Gasteiger charge is 2.28. The number of hydrogen-bond acceptors (Lipinski definition) is 5. The number of aromatic nitrogens is 5. The van der Waals surface area contributed by atoms with E-state index < -0.39 is 50.0 Å². The van der Waals surface area contributed by atoms with Crippen LogP contribution in [0.25, 0.3) is 5.65 Å². The lowest BCUT2D eigenvalue weighted by atomic mass is 10.2. The number of carbonyl (C=O) groups excluding carboxylic acids is 2. The summed E-state index contributed by atoms with van der Waals surface area (Å²) in [6.07, 6.45) is -7.54. The maximum atomic E-state index is 12.4. The first-order valence-electron chi connectivity index (χ1n) is 10.3. The van der Waals surface area contributed by atoms with E-state index in [9.17, 15) is 35.9 Å². The number of nitrogens with one attached hydrogen (secondary N) is 2. The largest absolute Gasteiger partial charge is 0.390 e. The van der Waals surface area contributed by atoms with Crippen molar-refractivity contribution in [3.05, 3.63) is 47.2 Å². The minimum atomic E-state index is -4.41. The van der Waals surface area contributed by atoms with Crippen LogP contribution in [0.5, 0.6) is 0 Å². The fourth-order valence-electron chi connectivity index (χ4n) is 3.08.